The molecule has 4 nitrogen and oxygen atoms in total. The SMILES string of the molecule is c1ccc(-c2n[nH]c(-c3ccccc3)c2-c2ncc[nH]2)cc1. The van der Waals surface area contributed by atoms with Gasteiger partial charge in [-0.25, -0.2) is 4.98 Å². The van der Waals surface area contributed by atoms with E-state index in [0.717, 1.165) is 33.9 Å². The van der Waals surface area contributed by atoms with Crippen molar-refractivity contribution in [2.75, 3.05) is 0 Å². The number of nitrogens with zero attached hydrogens (tertiary/aromatic N) is 2. The summed E-state index contributed by atoms with van der Waals surface area (Å²) in [6.45, 7) is 0. The Bertz CT molecular complexity index is 805. The summed E-state index contributed by atoms with van der Waals surface area (Å²) < 4.78 is 0. The van der Waals surface area contributed by atoms with Crippen molar-refractivity contribution in [3.05, 3.63) is 73.1 Å². The summed E-state index contributed by atoms with van der Waals surface area (Å²) in [4.78, 5) is 7.60. The van der Waals surface area contributed by atoms with E-state index in [1.807, 2.05) is 42.6 Å². The molecule has 0 saturated carbocycles. The molecule has 0 atom stereocenters. The van der Waals surface area contributed by atoms with Gasteiger partial charge in [0.15, 0.2) is 0 Å². The van der Waals surface area contributed by atoms with Gasteiger partial charge in [0.1, 0.15) is 11.5 Å². The third-order valence-electron chi connectivity index (χ3n) is 3.61. The Hall–Kier alpha value is -3.14. The van der Waals surface area contributed by atoms with E-state index in [0.29, 0.717) is 0 Å². The summed E-state index contributed by atoms with van der Waals surface area (Å²) in [6.07, 6.45) is 3.58. The highest BCUT2D eigenvalue weighted by Gasteiger charge is 2.19. The number of aromatic nitrogens is 4. The largest absolute Gasteiger partial charge is 0.344 e. The van der Waals surface area contributed by atoms with Crippen LogP contribution in [0.1, 0.15) is 0 Å². The Morgan fingerprint density at radius 1 is 0.773 bits per heavy atom. The number of hydrogen-bond donors (Lipinski definition) is 2. The number of H-pyrrole nitrogens is 2. The maximum atomic E-state index is 4.53. The molecule has 0 bridgehead atoms. The Morgan fingerprint density at radius 2 is 1.45 bits per heavy atom. The lowest BCUT2D eigenvalue weighted by Gasteiger charge is -2.04. The van der Waals surface area contributed by atoms with Crippen LogP contribution in [-0.2, 0) is 0 Å². The lowest BCUT2D eigenvalue weighted by Crippen LogP contribution is -1.87. The average molecular weight is 286 g/mol. The van der Waals surface area contributed by atoms with Gasteiger partial charge in [0.25, 0.3) is 0 Å². The third-order valence-corrected chi connectivity index (χ3v) is 3.61. The quantitative estimate of drug-likeness (QED) is 0.595. The molecule has 2 aromatic heterocycles. The molecule has 0 aliphatic carbocycles. The lowest BCUT2D eigenvalue weighted by molar-refractivity contribution is 1.10. The average Bonchev–Trinajstić information content (AvgIpc) is 3.25. The predicted molar refractivity (Wildman–Crippen MR) is 87.0 cm³/mol. The summed E-state index contributed by atoms with van der Waals surface area (Å²) in [5, 5.41) is 7.70. The van der Waals surface area contributed by atoms with E-state index in [2.05, 4.69) is 44.4 Å². The van der Waals surface area contributed by atoms with Crippen molar-refractivity contribution < 1.29 is 0 Å². The first-order valence-corrected chi connectivity index (χ1v) is 7.12. The molecule has 0 saturated heterocycles. The fourth-order valence-corrected chi connectivity index (χ4v) is 2.59. The zero-order chi connectivity index (χ0) is 14.8. The molecule has 4 heteroatoms. The molecule has 0 fully saturated rings. The molecule has 2 heterocycles. The van der Waals surface area contributed by atoms with E-state index < -0.39 is 0 Å². The van der Waals surface area contributed by atoms with Crippen molar-refractivity contribution in [1.29, 1.82) is 0 Å². The van der Waals surface area contributed by atoms with Crippen LogP contribution in [0.4, 0.5) is 0 Å². The Kier molecular flexibility index (Phi) is 3.05. The van der Waals surface area contributed by atoms with Crippen LogP contribution in [0, 0.1) is 0 Å². The first-order chi connectivity index (χ1) is 10.9. The van der Waals surface area contributed by atoms with Gasteiger partial charge in [-0.2, -0.15) is 5.10 Å². The number of aromatic amines is 2. The van der Waals surface area contributed by atoms with Crippen molar-refractivity contribution in [2.45, 2.75) is 0 Å². The maximum absolute atomic E-state index is 4.53. The number of imidazole rings is 1. The highest BCUT2D eigenvalue weighted by atomic mass is 15.1. The lowest BCUT2D eigenvalue weighted by atomic mass is 10.0. The maximum Gasteiger partial charge on any atom is 0.141 e. The van der Waals surface area contributed by atoms with Crippen molar-refractivity contribution in [1.82, 2.24) is 20.2 Å². The number of benzene rings is 2. The van der Waals surface area contributed by atoms with Crippen LogP contribution in [0.3, 0.4) is 0 Å². The van der Waals surface area contributed by atoms with Crippen LogP contribution in [0.25, 0.3) is 33.9 Å². The van der Waals surface area contributed by atoms with E-state index in [4.69, 9.17) is 0 Å². The molecule has 0 spiro atoms. The summed E-state index contributed by atoms with van der Waals surface area (Å²) >= 11 is 0. The van der Waals surface area contributed by atoms with Crippen LogP contribution >= 0.6 is 0 Å². The Balaban J connectivity index is 1.96. The van der Waals surface area contributed by atoms with Crippen molar-refractivity contribution in [3.8, 4) is 33.9 Å². The highest BCUT2D eigenvalue weighted by Crippen LogP contribution is 2.36. The minimum absolute atomic E-state index is 0.812. The molecule has 4 rings (SSSR count). The molecule has 2 N–H and O–H groups in total. The van der Waals surface area contributed by atoms with Crippen LogP contribution in [-0.4, -0.2) is 20.2 Å². The summed E-state index contributed by atoms with van der Waals surface area (Å²) in [6, 6.07) is 20.3. The molecule has 2 aromatic carbocycles. The monoisotopic (exact) mass is 286 g/mol. The fourth-order valence-electron chi connectivity index (χ4n) is 2.59. The number of hydrogen-bond acceptors (Lipinski definition) is 2. The van der Waals surface area contributed by atoms with Gasteiger partial charge in [-0.1, -0.05) is 60.7 Å². The van der Waals surface area contributed by atoms with Gasteiger partial charge in [0, 0.05) is 23.5 Å². The molecule has 0 unspecified atom stereocenters. The molecule has 0 aliphatic rings. The smallest absolute Gasteiger partial charge is 0.141 e. The first-order valence-electron chi connectivity index (χ1n) is 7.12. The van der Waals surface area contributed by atoms with Gasteiger partial charge in [-0.15, -0.1) is 0 Å². The van der Waals surface area contributed by atoms with Gasteiger partial charge in [0.2, 0.25) is 0 Å². The minimum Gasteiger partial charge on any atom is -0.344 e. The number of rotatable bonds is 3. The Labute approximate surface area is 127 Å². The second-order valence-electron chi connectivity index (χ2n) is 4.99. The zero-order valence-electron chi connectivity index (χ0n) is 11.8. The zero-order valence-corrected chi connectivity index (χ0v) is 11.8. The molecule has 0 radical (unpaired) electrons. The molecular weight excluding hydrogens is 272 g/mol. The highest BCUT2D eigenvalue weighted by molar-refractivity contribution is 5.88. The van der Waals surface area contributed by atoms with Crippen LogP contribution < -0.4 is 0 Å². The van der Waals surface area contributed by atoms with Crippen molar-refractivity contribution >= 4 is 0 Å². The Morgan fingerprint density at radius 3 is 2.09 bits per heavy atom. The van der Waals surface area contributed by atoms with E-state index in [1.165, 1.54) is 0 Å². The van der Waals surface area contributed by atoms with Gasteiger partial charge in [-0.05, 0) is 0 Å². The van der Waals surface area contributed by atoms with E-state index >= 15 is 0 Å². The van der Waals surface area contributed by atoms with Crippen LogP contribution in [0.2, 0.25) is 0 Å². The van der Waals surface area contributed by atoms with Crippen molar-refractivity contribution in [3.63, 3.8) is 0 Å². The van der Waals surface area contributed by atoms with Gasteiger partial charge < -0.3 is 4.98 Å². The minimum atomic E-state index is 0.812. The molecular formula is C18H14N4. The fraction of sp³-hybridized carbons (Fsp3) is 0. The van der Waals surface area contributed by atoms with Gasteiger partial charge in [-0.3, -0.25) is 5.10 Å². The summed E-state index contributed by atoms with van der Waals surface area (Å²) in [7, 11) is 0. The standard InChI is InChI=1S/C18H14N4/c1-3-7-13(8-4-1)16-15(18-19-11-12-20-18)17(22-21-16)14-9-5-2-6-10-14/h1-12H,(H,19,20)(H,21,22). The van der Waals surface area contributed by atoms with E-state index in [9.17, 15) is 0 Å². The third kappa shape index (κ3) is 2.11. The van der Waals surface area contributed by atoms with Crippen LogP contribution in [0.5, 0.6) is 0 Å². The molecule has 0 aliphatic heterocycles. The molecule has 4 aromatic rings. The molecule has 106 valence electrons. The predicted octanol–water partition coefficient (Wildman–Crippen LogP) is 4.13. The first kappa shape index (κ1) is 12.6. The second kappa shape index (κ2) is 5.33. The van der Waals surface area contributed by atoms with Crippen LogP contribution in [0.15, 0.2) is 73.1 Å². The summed E-state index contributed by atoms with van der Waals surface area (Å²) in [5.41, 5.74) is 5.00. The van der Waals surface area contributed by atoms with E-state index in [-0.39, 0.29) is 0 Å². The summed E-state index contributed by atoms with van der Waals surface area (Å²) in [5.74, 6) is 0.812. The topological polar surface area (TPSA) is 57.4 Å². The number of nitrogens with one attached hydrogen (secondary N) is 2. The second-order valence-corrected chi connectivity index (χ2v) is 4.99. The van der Waals surface area contributed by atoms with Gasteiger partial charge >= 0.3 is 0 Å². The van der Waals surface area contributed by atoms with Crippen molar-refractivity contribution in [2.24, 2.45) is 0 Å². The van der Waals surface area contributed by atoms with Gasteiger partial charge in [0.05, 0.1) is 11.3 Å². The molecule has 0 amide bonds. The normalized spacial score (nSPS) is 10.7. The van der Waals surface area contributed by atoms with E-state index in [1.54, 1.807) is 6.20 Å². The molecule has 22 heavy (non-hydrogen) atoms.